The maximum Gasteiger partial charge on any atom is 0.285 e. The van der Waals surface area contributed by atoms with Gasteiger partial charge in [-0.2, -0.15) is 0 Å². The lowest BCUT2D eigenvalue weighted by Crippen LogP contribution is -2.75. The van der Waals surface area contributed by atoms with Crippen LogP contribution in [0.25, 0.3) is 0 Å². The third-order valence-electron chi connectivity index (χ3n) is 7.16. The Morgan fingerprint density at radius 2 is 0.639 bits per heavy atom. The van der Waals surface area contributed by atoms with Crippen LogP contribution in [-0.4, -0.2) is 40.0 Å². The van der Waals surface area contributed by atoms with Crippen LogP contribution in [0.3, 0.4) is 0 Å². The van der Waals surface area contributed by atoms with Crippen molar-refractivity contribution in [2.75, 3.05) is 14.1 Å². The first-order valence-electron chi connectivity index (χ1n) is 12.3. The molecule has 0 saturated carbocycles. The topological polar surface area (TPSA) is 23.5 Å². The first kappa shape index (κ1) is 24.2. The maximum atomic E-state index is 12.4. The molecule has 1 N–H and O–H groups in total. The van der Waals surface area contributed by atoms with E-state index in [1.807, 2.05) is 36.4 Å². The first-order valence-corrected chi connectivity index (χ1v) is 16.2. The predicted molar refractivity (Wildman–Crippen MR) is 157 cm³/mol. The minimum Gasteiger partial charge on any atom is -0.421 e. The second-order valence-corrected chi connectivity index (χ2v) is 16.6. The molecule has 0 spiro atoms. The van der Waals surface area contributed by atoms with Crippen molar-refractivity contribution in [2.24, 2.45) is 0 Å². The van der Waals surface area contributed by atoms with E-state index in [0.717, 1.165) is 15.6 Å². The molecule has 0 bridgehead atoms. The van der Waals surface area contributed by atoms with Crippen LogP contribution in [0.4, 0.5) is 0 Å². The molecular formula is C32H31NOSi2. The third kappa shape index (κ3) is 4.08. The first-order chi connectivity index (χ1) is 17.6. The molecule has 0 amide bonds. The molecular weight excluding hydrogens is 471 g/mol. The van der Waals surface area contributed by atoms with Crippen LogP contribution in [0.2, 0.25) is 0 Å². The van der Waals surface area contributed by atoms with Crippen LogP contribution < -0.4 is 31.1 Å². The molecule has 0 aliphatic carbocycles. The van der Waals surface area contributed by atoms with Crippen LogP contribution in [0, 0.1) is 0 Å². The van der Waals surface area contributed by atoms with E-state index in [-0.39, 0.29) is 0 Å². The normalized spacial score (nSPS) is 12.0. The average molecular weight is 502 g/mol. The Morgan fingerprint density at radius 3 is 0.972 bits per heavy atom. The molecule has 0 saturated heterocycles. The summed E-state index contributed by atoms with van der Waals surface area (Å²) in [4.78, 5) is 12.4. The Hall–Kier alpha value is -3.55. The lowest BCUT2D eigenvalue weighted by Gasteiger charge is -2.39. The van der Waals surface area contributed by atoms with Crippen molar-refractivity contribution in [1.29, 1.82) is 0 Å². The van der Waals surface area contributed by atoms with Gasteiger partial charge in [-0.15, -0.1) is 0 Å². The molecule has 0 aliphatic rings. The van der Waals surface area contributed by atoms with E-state index in [1.165, 1.54) is 15.6 Å². The van der Waals surface area contributed by atoms with Gasteiger partial charge in [0.05, 0.1) is 0 Å². The molecule has 0 aromatic heterocycles. The molecule has 0 fully saturated rings. The van der Waals surface area contributed by atoms with Crippen molar-refractivity contribution in [3.8, 4) is 0 Å². The van der Waals surface area contributed by atoms with Crippen molar-refractivity contribution in [3.63, 3.8) is 0 Å². The highest BCUT2D eigenvalue weighted by atomic mass is 28.4. The lowest BCUT2D eigenvalue weighted by atomic mass is 10.3. The summed E-state index contributed by atoms with van der Waals surface area (Å²) in [6.07, 6.45) is 0. The number of rotatable bonds is 7. The molecule has 0 atom stereocenters. The van der Waals surface area contributed by atoms with Gasteiger partial charge in [0.1, 0.15) is 0 Å². The standard InChI is InChI=1S/C32H31NOSi2/c1-33(2)35(27-15-7-3-8-16-27,28-17-9-4-10-18-28)29-23-25-32(26-24-29)36(34,30-19-11-5-12-20-30)31-21-13-6-14-22-31/h3-26,34H,1-2H3. The molecule has 0 unspecified atom stereocenters. The van der Waals surface area contributed by atoms with Crippen molar-refractivity contribution in [3.05, 3.63) is 146 Å². The average Bonchev–Trinajstić information content (AvgIpc) is 2.95. The van der Waals surface area contributed by atoms with Crippen LogP contribution in [-0.2, 0) is 0 Å². The van der Waals surface area contributed by atoms with Crippen molar-refractivity contribution in [2.45, 2.75) is 0 Å². The maximum absolute atomic E-state index is 12.4. The lowest BCUT2D eigenvalue weighted by molar-refractivity contribution is 0.583. The van der Waals surface area contributed by atoms with Crippen LogP contribution >= 0.6 is 0 Å². The van der Waals surface area contributed by atoms with Gasteiger partial charge in [-0.3, -0.25) is 0 Å². The molecule has 4 heteroatoms. The largest absolute Gasteiger partial charge is 0.421 e. The fourth-order valence-electron chi connectivity index (χ4n) is 5.44. The third-order valence-corrected chi connectivity index (χ3v) is 15.5. The molecule has 2 nitrogen and oxygen atoms in total. The summed E-state index contributed by atoms with van der Waals surface area (Å²) in [6, 6.07) is 50.8. The Morgan fingerprint density at radius 1 is 0.389 bits per heavy atom. The molecule has 5 aromatic rings. The monoisotopic (exact) mass is 501 g/mol. The highest BCUT2D eigenvalue weighted by Crippen LogP contribution is 2.11. The fourth-order valence-corrected chi connectivity index (χ4v) is 13.0. The van der Waals surface area contributed by atoms with E-state index in [0.29, 0.717) is 0 Å². The second-order valence-electron chi connectivity index (χ2n) is 9.36. The van der Waals surface area contributed by atoms with E-state index >= 15 is 0 Å². The van der Waals surface area contributed by atoms with E-state index < -0.39 is 16.6 Å². The van der Waals surface area contributed by atoms with Gasteiger partial charge in [-0.25, -0.2) is 0 Å². The highest BCUT2D eigenvalue weighted by Gasteiger charge is 2.43. The molecule has 178 valence electrons. The zero-order valence-electron chi connectivity index (χ0n) is 20.8. The van der Waals surface area contributed by atoms with Crippen molar-refractivity contribution >= 4 is 47.7 Å². The SMILES string of the molecule is CN(C)[Si](c1ccccc1)(c1ccccc1)c1ccc([Si](O)(c2ccccc2)c2ccccc2)cc1. The van der Waals surface area contributed by atoms with Crippen LogP contribution in [0.5, 0.6) is 0 Å². The number of benzene rings is 5. The molecule has 5 rings (SSSR count). The fraction of sp³-hybridized carbons (Fsp3) is 0.0625. The van der Waals surface area contributed by atoms with Gasteiger partial charge >= 0.3 is 0 Å². The number of hydrogen-bond acceptors (Lipinski definition) is 2. The highest BCUT2D eigenvalue weighted by molar-refractivity contribution is 7.10. The molecule has 0 heterocycles. The van der Waals surface area contributed by atoms with E-state index in [2.05, 4.69) is 128 Å². The Kier molecular flexibility index (Phi) is 6.85. The summed E-state index contributed by atoms with van der Waals surface area (Å²) >= 11 is 0. The predicted octanol–water partition coefficient (Wildman–Crippen LogP) is 2.17. The van der Waals surface area contributed by atoms with Gasteiger partial charge in [0.25, 0.3) is 8.32 Å². The Bertz CT molecular complexity index is 1310. The zero-order chi connectivity index (χ0) is 25.0. The van der Waals surface area contributed by atoms with Gasteiger partial charge in [0.2, 0.25) is 8.24 Å². The van der Waals surface area contributed by atoms with Gasteiger partial charge in [-0.1, -0.05) is 146 Å². The summed E-state index contributed by atoms with van der Waals surface area (Å²) in [5.41, 5.74) is 0. The minimum absolute atomic E-state index is 0.992. The van der Waals surface area contributed by atoms with Gasteiger partial charge in [0, 0.05) is 0 Å². The van der Waals surface area contributed by atoms with E-state index in [1.54, 1.807) is 0 Å². The van der Waals surface area contributed by atoms with Gasteiger partial charge in [-0.05, 0) is 45.2 Å². The second kappa shape index (κ2) is 10.2. The van der Waals surface area contributed by atoms with Crippen LogP contribution in [0.15, 0.2) is 146 Å². The molecule has 0 aliphatic heterocycles. The van der Waals surface area contributed by atoms with E-state index in [4.69, 9.17) is 0 Å². The Balaban J connectivity index is 1.71. The summed E-state index contributed by atoms with van der Waals surface area (Å²) in [6.45, 7) is 0. The summed E-state index contributed by atoms with van der Waals surface area (Å²) in [5.74, 6) is 0. The Labute approximate surface area is 216 Å². The van der Waals surface area contributed by atoms with Gasteiger partial charge in [0.15, 0.2) is 0 Å². The minimum atomic E-state index is -3.14. The molecule has 0 radical (unpaired) electrons. The number of nitrogens with zero attached hydrogens (tertiary/aromatic N) is 1. The van der Waals surface area contributed by atoms with Crippen LogP contribution in [0.1, 0.15) is 0 Å². The molecule has 36 heavy (non-hydrogen) atoms. The quantitative estimate of drug-likeness (QED) is 0.273. The smallest absolute Gasteiger partial charge is 0.285 e. The summed E-state index contributed by atoms with van der Waals surface area (Å²) in [5, 5.41) is 6.95. The summed E-state index contributed by atoms with van der Waals surface area (Å²) < 4.78 is 2.42. The van der Waals surface area contributed by atoms with Crippen molar-refractivity contribution < 1.29 is 4.80 Å². The number of hydrogen-bond donors (Lipinski definition) is 1. The van der Waals surface area contributed by atoms with Crippen molar-refractivity contribution in [1.82, 2.24) is 4.57 Å². The van der Waals surface area contributed by atoms with E-state index in [9.17, 15) is 4.80 Å². The molecule has 5 aromatic carbocycles. The zero-order valence-corrected chi connectivity index (χ0v) is 22.8. The summed E-state index contributed by atoms with van der Waals surface area (Å²) in [7, 11) is -1.23. The van der Waals surface area contributed by atoms with Gasteiger partial charge < -0.3 is 9.36 Å².